The minimum atomic E-state index is -0.776. The summed E-state index contributed by atoms with van der Waals surface area (Å²) < 4.78 is 16.9. The van der Waals surface area contributed by atoms with Crippen molar-refractivity contribution in [3.8, 4) is 0 Å². The molecule has 0 aliphatic carbocycles. The molecule has 0 rings (SSSR count). The normalized spacial score (nSPS) is 12.4. The van der Waals surface area contributed by atoms with Crippen LogP contribution < -0.4 is 0 Å². The Morgan fingerprint density at radius 1 is 0.260 bits per heavy atom. The quantitative estimate of drug-likeness (QED) is 0.0261. The Morgan fingerprint density at radius 3 is 0.727 bits per heavy atom. The van der Waals surface area contributed by atoms with Crippen molar-refractivity contribution < 1.29 is 28.6 Å². The molecule has 6 heteroatoms. The lowest BCUT2D eigenvalue weighted by molar-refractivity contribution is -0.167. The minimum absolute atomic E-state index is 0.0738. The van der Waals surface area contributed by atoms with Gasteiger partial charge in [-0.15, -0.1) is 0 Å². The summed E-state index contributed by atoms with van der Waals surface area (Å²) in [5.74, 6) is -0.865. The molecule has 0 amide bonds. The van der Waals surface area contributed by atoms with Crippen LogP contribution in [0.1, 0.15) is 355 Å². The molecule has 0 heterocycles. The van der Waals surface area contributed by atoms with Gasteiger partial charge in [-0.05, 0) is 89.9 Å². The van der Waals surface area contributed by atoms with E-state index in [2.05, 4.69) is 81.5 Å². The number of allylic oxidation sites excluding steroid dienone is 10. The molecule has 0 aromatic carbocycles. The van der Waals surface area contributed by atoms with E-state index < -0.39 is 6.10 Å². The van der Waals surface area contributed by atoms with Crippen LogP contribution in [-0.2, 0) is 28.6 Å². The predicted octanol–water partition coefficient (Wildman–Crippen LogP) is 23.1. The molecule has 6 nitrogen and oxygen atoms in total. The fourth-order valence-electron chi connectivity index (χ4n) is 9.89. The van der Waals surface area contributed by atoms with E-state index >= 15 is 0 Å². The Morgan fingerprint density at radius 2 is 0.468 bits per heavy atom. The van der Waals surface area contributed by atoms with Crippen LogP contribution in [0.25, 0.3) is 0 Å². The van der Waals surface area contributed by atoms with E-state index in [0.717, 1.165) is 83.5 Å². The van der Waals surface area contributed by atoms with Gasteiger partial charge in [-0.2, -0.15) is 0 Å². The van der Waals surface area contributed by atoms with Crippen molar-refractivity contribution >= 4 is 17.9 Å². The number of carbonyl (C=O) groups is 3. The third-order valence-corrected chi connectivity index (χ3v) is 15.0. The van der Waals surface area contributed by atoms with Gasteiger partial charge in [0.25, 0.3) is 0 Å². The number of hydrogen-bond donors (Lipinski definition) is 0. The van der Waals surface area contributed by atoms with Crippen molar-refractivity contribution in [3.63, 3.8) is 0 Å². The van der Waals surface area contributed by atoms with Crippen LogP contribution >= 0.6 is 0 Å². The SMILES string of the molecule is CCCCCCC/C=C\C/C=C\C/C=C\CCCCCCCCCCC(=O)OC(COC(=O)CCCCCCCCCCC)COC(=O)CCCCCCCCCCCCCCCCC/C=C\C/C=C\CCCCCCC. The van der Waals surface area contributed by atoms with E-state index in [1.54, 1.807) is 0 Å². The molecule has 0 aliphatic rings. The maximum absolute atomic E-state index is 12.9. The highest BCUT2D eigenvalue weighted by molar-refractivity contribution is 5.71. The number of carbonyl (C=O) groups excluding carboxylic acids is 3. The van der Waals surface area contributed by atoms with Crippen molar-refractivity contribution in [2.75, 3.05) is 13.2 Å². The number of ether oxygens (including phenoxy) is 3. The molecule has 448 valence electrons. The van der Waals surface area contributed by atoms with Gasteiger partial charge in [-0.1, -0.05) is 306 Å². The summed E-state index contributed by atoms with van der Waals surface area (Å²) in [6.07, 6.45) is 83.9. The Labute approximate surface area is 479 Å². The average molecular weight is 1080 g/mol. The molecule has 0 fully saturated rings. The number of hydrogen-bond acceptors (Lipinski definition) is 6. The second-order valence-corrected chi connectivity index (χ2v) is 22.7. The van der Waals surface area contributed by atoms with Gasteiger partial charge in [-0.25, -0.2) is 0 Å². The fraction of sp³-hybridized carbons (Fsp3) is 0.817. The van der Waals surface area contributed by atoms with Crippen molar-refractivity contribution in [2.24, 2.45) is 0 Å². The lowest BCUT2D eigenvalue weighted by Crippen LogP contribution is -2.30. The van der Waals surface area contributed by atoms with Crippen LogP contribution in [0, 0.1) is 0 Å². The van der Waals surface area contributed by atoms with Gasteiger partial charge in [-0.3, -0.25) is 14.4 Å². The molecule has 1 atom stereocenters. The molecule has 0 radical (unpaired) electrons. The molecule has 77 heavy (non-hydrogen) atoms. The van der Waals surface area contributed by atoms with Crippen LogP contribution in [0.15, 0.2) is 60.8 Å². The third-order valence-electron chi connectivity index (χ3n) is 15.0. The van der Waals surface area contributed by atoms with Gasteiger partial charge in [0.05, 0.1) is 0 Å². The zero-order valence-electron chi connectivity index (χ0n) is 51.5. The average Bonchev–Trinajstić information content (AvgIpc) is 3.43. The first kappa shape index (κ1) is 74.1. The topological polar surface area (TPSA) is 78.9 Å². The molecule has 0 spiro atoms. The zero-order valence-corrected chi connectivity index (χ0v) is 51.5. The van der Waals surface area contributed by atoms with E-state index in [1.807, 2.05) is 0 Å². The first-order valence-electron chi connectivity index (χ1n) is 33.8. The van der Waals surface area contributed by atoms with Crippen molar-refractivity contribution in [2.45, 2.75) is 361 Å². The number of esters is 3. The molecule has 0 N–H and O–H groups in total. The molecular formula is C71H128O6. The second-order valence-electron chi connectivity index (χ2n) is 22.7. The Balaban J connectivity index is 4.17. The predicted molar refractivity (Wildman–Crippen MR) is 335 cm³/mol. The van der Waals surface area contributed by atoms with Crippen molar-refractivity contribution in [3.05, 3.63) is 60.8 Å². The molecule has 0 saturated heterocycles. The highest BCUT2D eigenvalue weighted by Gasteiger charge is 2.19. The zero-order chi connectivity index (χ0) is 55.7. The van der Waals surface area contributed by atoms with Crippen molar-refractivity contribution in [1.82, 2.24) is 0 Å². The molecule has 0 bridgehead atoms. The first-order chi connectivity index (χ1) is 38.0. The summed E-state index contributed by atoms with van der Waals surface area (Å²) in [6, 6.07) is 0. The van der Waals surface area contributed by atoms with Crippen LogP contribution in [0.2, 0.25) is 0 Å². The van der Waals surface area contributed by atoms with Gasteiger partial charge in [0.1, 0.15) is 13.2 Å². The largest absolute Gasteiger partial charge is 0.462 e. The van der Waals surface area contributed by atoms with E-state index in [9.17, 15) is 14.4 Å². The van der Waals surface area contributed by atoms with E-state index in [1.165, 1.54) is 231 Å². The third kappa shape index (κ3) is 63.8. The molecule has 0 aromatic rings. The summed E-state index contributed by atoms with van der Waals surface area (Å²) >= 11 is 0. The van der Waals surface area contributed by atoms with Crippen LogP contribution in [0.4, 0.5) is 0 Å². The lowest BCUT2D eigenvalue weighted by atomic mass is 10.0. The highest BCUT2D eigenvalue weighted by Crippen LogP contribution is 2.17. The van der Waals surface area contributed by atoms with Crippen LogP contribution in [-0.4, -0.2) is 37.2 Å². The maximum Gasteiger partial charge on any atom is 0.306 e. The smallest absolute Gasteiger partial charge is 0.306 e. The molecule has 1 unspecified atom stereocenters. The van der Waals surface area contributed by atoms with Gasteiger partial charge < -0.3 is 14.2 Å². The maximum atomic E-state index is 12.9. The van der Waals surface area contributed by atoms with Gasteiger partial charge in [0, 0.05) is 19.3 Å². The Hall–Kier alpha value is -2.89. The molecule has 0 saturated carbocycles. The summed E-state index contributed by atoms with van der Waals surface area (Å²) in [6.45, 7) is 6.64. The number of rotatable bonds is 62. The summed E-state index contributed by atoms with van der Waals surface area (Å²) in [5, 5.41) is 0. The van der Waals surface area contributed by atoms with Gasteiger partial charge in [0.15, 0.2) is 6.10 Å². The summed E-state index contributed by atoms with van der Waals surface area (Å²) in [7, 11) is 0. The standard InChI is InChI=1S/C71H128O6/c1-4-7-10-13-16-19-21-23-25-27-29-31-33-34-35-36-38-39-41-43-45-47-49-52-55-58-61-64-70(73)76-67-68(66-75-69(72)63-60-57-54-51-18-15-12-9-6-3)77-71(74)65-62-59-56-53-50-48-46-44-42-40-37-32-30-28-26-24-22-20-17-14-11-8-5-2/h21-24,27-30,37,40,68H,4-20,25-26,31-36,38-39,41-67H2,1-3H3/b23-21-,24-22-,29-27-,30-28-,40-37-. The lowest BCUT2D eigenvalue weighted by Gasteiger charge is -2.18. The van der Waals surface area contributed by atoms with E-state index in [4.69, 9.17) is 14.2 Å². The summed E-state index contributed by atoms with van der Waals surface area (Å²) in [4.78, 5) is 38.2. The first-order valence-corrected chi connectivity index (χ1v) is 33.8. The molecule has 0 aromatic heterocycles. The Bertz CT molecular complexity index is 1380. The van der Waals surface area contributed by atoms with E-state index in [0.29, 0.717) is 19.3 Å². The Kier molecular flexibility index (Phi) is 63.2. The fourth-order valence-corrected chi connectivity index (χ4v) is 9.89. The second kappa shape index (κ2) is 65.6. The number of unbranched alkanes of at least 4 members (excludes halogenated alkanes) is 41. The van der Waals surface area contributed by atoms with E-state index in [-0.39, 0.29) is 31.1 Å². The van der Waals surface area contributed by atoms with Gasteiger partial charge >= 0.3 is 17.9 Å². The highest BCUT2D eigenvalue weighted by atomic mass is 16.6. The summed E-state index contributed by atoms with van der Waals surface area (Å²) in [5.41, 5.74) is 0. The van der Waals surface area contributed by atoms with Crippen molar-refractivity contribution in [1.29, 1.82) is 0 Å². The minimum Gasteiger partial charge on any atom is -0.462 e. The van der Waals surface area contributed by atoms with Crippen LogP contribution in [0.3, 0.4) is 0 Å². The van der Waals surface area contributed by atoms with Crippen LogP contribution in [0.5, 0.6) is 0 Å². The molecule has 0 aliphatic heterocycles. The van der Waals surface area contributed by atoms with Gasteiger partial charge in [0.2, 0.25) is 0 Å². The monoisotopic (exact) mass is 1080 g/mol. The molecular weight excluding hydrogens is 949 g/mol.